The second kappa shape index (κ2) is 5.54. The third kappa shape index (κ3) is 3.58. The van der Waals surface area contributed by atoms with Gasteiger partial charge in [0.25, 0.3) is 0 Å². The highest BCUT2D eigenvalue weighted by Gasteiger charge is 2.31. The molecule has 0 bridgehead atoms. The first-order chi connectivity index (χ1) is 9.25. The zero-order valence-corrected chi connectivity index (χ0v) is 11.9. The predicted octanol–water partition coefficient (Wildman–Crippen LogP) is 4.61. The van der Waals surface area contributed by atoms with Gasteiger partial charge in [-0.25, -0.2) is 4.98 Å². The van der Waals surface area contributed by atoms with Crippen LogP contribution in [0.1, 0.15) is 17.5 Å². The fourth-order valence-corrected chi connectivity index (χ4v) is 2.75. The predicted molar refractivity (Wildman–Crippen MR) is 71.9 cm³/mol. The molecule has 0 saturated heterocycles. The first-order valence-electron chi connectivity index (χ1n) is 5.57. The summed E-state index contributed by atoms with van der Waals surface area (Å²) in [6, 6.07) is 3.29. The highest BCUT2D eigenvalue weighted by atomic mass is 35.5. The van der Waals surface area contributed by atoms with Crippen LogP contribution in [0, 0.1) is 0 Å². The molecule has 0 N–H and O–H groups in total. The molecular formula is C13H9ClF3NOS. The second-order valence-corrected chi connectivity index (χ2v) is 5.61. The molecule has 2 nitrogen and oxygen atoms in total. The molecule has 0 aliphatic rings. The highest BCUT2D eigenvalue weighted by molar-refractivity contribution is 7.10. The van der Waals surface area contributed by atoms with Crippen LogP contribution in [0.5, 0.6) is 0 Å². The molecule has 1 heterocycles. The smallest absolute Gasteiger partial charge is 0.300 e. The number of nitrogens with zero attached hydrogens (tertiary/aromatic N) is 1. The number of benzene rings is 1. The number of hydrogen-bond acceptors (Lipinski definition) is 3. The molecule has 20 heavy (non-hydrogen) atoms. The normalized spacial score (nSPS) is 11.7. The molecule has 0 fully saturated rings. The molecular weight excluding hydrogens is 311 g/mol. The third-order valence-corrected chi connectivity index (χ3v) is 3.54. The van der Waals surface area contributed by atoms with Gasteiger partial charge in [-0.2, -0.15) is 13.2 Å². The Kier molecular flexibility index (Phi) is 4.15. The van der Waals surface area contributed by atoms with Gasteiger partial charge >= 0.3 is 6.18 Å². The number of carbonyl (C=O) groups excluding carboxylic acids is 1. The fraction of sp³-hybridized carbons (Fsp3) is 0.231. The van der Waals surface area contributed by atoms with Crippen LogP contribution in [0.2, 0.25) is 5.02 Å². The lowest BCUT2D eigenvalue weighted by Crippen LogP contribution is -2.05. The van der Waals surface area contributed by atoms with Crippen LogP contribution in [0.3, 0.4) is 0 Å². The molecule has 0 unspecified atom stereocenters. The number of alkyl halides is 3. The van der Waals surface area contributed by atoms with Crippen molar-refractivity contribution in [3.05, 3.63) is 39.2 Å². The van der Waals surface area contributed by atoms with Crippen molar-refractivity contribution in [3.63, 3.8) is 0 Å². The Morgan fingerprint density at radius 1 is 1.35 bits per heavy atom. The van der Waals surface area contributed by atoms with E-state index in [0.717, 1.165) is 12.1 Å². The zero-order valence-electron chi connectivity index (χ0n) is 10.3. The van der Waals surface area contributed by atoms with E-state index in [2.05, 4.69) is 4.98 Å². The summed E-state index contributed by atoms with van der Waals surface area (Å²) >= 11 is 6.95. The van der Waals surface area contributed by atoms with Gasteiger partial charge in [0, 0.05) is 16.0 Å². The van der Waals surface area contributed by atoms with Gasteiger partial charge in [-0.15, -0.1) is 11.3 Å². The standard InChI is InChI=1S/C13H9ClF3NOS/c1-7(19)2-12-18-11(6-20-12)8-3-9(13(15,16)17)5-10(14)4-8/h3-6H,2H2,1H3. The lowest BCUT2D eigenvalue weighted by atomic mass is 10.1. The molecule has 2 aromatic rings. The Morgan fingerprint density at radius 3 is 2.65 bits per heavy atom. The molecule has 0 atom stereocenters. The van der Waals surface area contributed by atoms with E-state index < -0.39 is 11.7 Å². The van der Waals surface area contributed by atoms with Crippen molar-refractivity contribution in [1.82, 2.24) is 4.98 Å². The van der Waals surface area contributed by atoms with E-state index in [9.17, 15) is 18.0 Å². The number of ketones is 1. The van der Waals surface area contributed by atoms with Crippen LogP contribution in [0.4, 0.5) is 13.2 Å². The van der Waals surface area contributed by atoms with Gasteiger partial charge in [-0.1, -0.05) is 11.6 Å². The summed E-state index contributed by atoms with van der Waals surface area (Å²) in [6.07, 6.45) is -4.28. The molecule has 7 heteroatoms. The van der Waals surface area contributed by atoms with Crippen LogP contribution in [0.25, 0.3) is 11.3 Å². The minimum absolute atomic E-state index is 0.00376. The Labute approximate surface area is 122 Å². The molecule has 0 saturated carbocycles. The molecule has 0 radical (unpaired) electrons. The van der Waals surface area contributed by atoms with Crippen molar-refractivity contribution in [2.45, 2.75) is 19.5 Å². The van der Waals surface area contributed by atoms with Crippen LogP contribution >= 0.6 is 22.9 Å². The van der Waals surface area contributed by atoms with Gasteiger partial charge in [0.05, 0.1) is 17.7 Å². The number of halogens is 4. The number of carbonyl (C=O) groups is 1. The van der Waals surface area contributed by atoms with Gasteiger partial charge in [-0.3, -0.25) is 4.79 Å². The first kappa shape index (κ1) is 15.0. The number of hydrogen-bond donors (Lipinski definition) is 0. The molecule has 106 valence electrons. The maximum Gasteiger partial charge on any atom is 0.416 e. The Morgan fingerprint density at radius 2 is 2.05 bits per heavy atom. The maximum absolute atomic E-state index is 12.7. The lowest BCUT2D eigenvalue weighted by Gasteiger charge is -2.08. The van der Waals surface area contributed by atoms with Crippen molar-refractivity contribution >= 4 is 28.7 Å². The number of rotatable bonds is 3. The Bertz CT molecular complexity index is 651. The largest absolute Gasteiger partial charge is 0.416 e. The summed E-state index contributed by atoms with van der Waals surface area (Å²) in [5.74, 6) is -0.0482. The van der Waals surface area contributed by atoms with Crippen molar-refractivity contribution in [1.29, 1.82) is 0 Å². The van der Waals surface area contributed by atoms with Crippen molar-refractivity contribution in [3.8, 4) is 11.3 Å². The summed E-state index contributed by atoms with van der Waals surface area (Å²) in [5.41, 5.74) is -0.142. The molecule has 0 spiro atoms. The van der Waals surface area contributed by atoms with Crippen LogP contribution < -0.4 is 0 Å². The number of aromatic nitrogens is 1. The summed E-state index contributed by atoms with van der Waals surface area (Å²) in [7, 11) is 0. The lowest BCUT2D eigenvalue weighted by molar-refractivity contribution is -0.137. The quantitative estimate of drug-likeness (QED) is 0.826. The van der Waals surface area contributed by atoms with Crippen LogP contribution in [-0.4, -0.2) is 10.8 Å². The molecule has 0 amide bonds. The first-order valence-corrected chi connectivity index (χ1v) is 6.83. The van der Waals surface area contributed by atoms with E-state index in [1.165, 1.54) is 24.3 Å². The minimum Gasteiger partial charge on any atom is -0.300 e. The summed E-state index contributed by atoms with van der Waals surface area (Å²) in [4.78, 5) is 15.2. The van der Waals surface area contributed by atoms with Crippen molar-refractivity contribution in [2.75, 3.05) is 0 Å². The summed E-state index contributed by atoms with van der Waals surface area (Å²) in [6.45, 7) is 1.43. The molecule has 0 aliphatic carbocycles. The molecule has 1 aromatic carbocycles. The van der Waals surface area contributed by atoms with Crippen LogP contribution in [-0.2, 0) is 17.4 Å². The number of thiazole rings is 1. The van der Waals surface area contributed by atoms with Gasteiger partial charge in [0.1, 0.15) is 10.8 Å². The highest BCUT2D eigenvalue weighted by Crippen LogP contribution is 2.35. The van der Waals surface area contributed by atoms with E-state index in [4.69, 9.17) is 11.6 Å². The molecule has 1 aromatic heterocycles. The van der Waals surface area contributed by atoms with E-state index in [-0.39, 0.29) is 22.8 Å². The van der Waals surface area contributed by atoms with Gasteiger partial charge in [-0.05, 0) is 25.1 Å². The van der Waals surface area contributed by atoms with Gasteiger partial charge in [0.15, 0.2) is 0 Å². The summed E-state index contributed by atoms with van der Waals surface area (Å²) < 4.78 is 38.2. The Hall–Kier alpha value is -1.40. The van der Waals surface area contributed by atoms with E-state index in [0.29, 0.717) is 10.7 Å². The topological polar surface area (TPSA) is 30.0 Å². The third-order valence-electron chi connectivity index (χ3n) is 2.47. The minimum atomic E-state index is -4.46. The average Bonchev–Trinajstić information content (AvgIpc) is 2.74. The SMILES string of the molecule is CC(=O)Cc1nc(-c2cc(Cl)cc(C(F)(F)F)c2)cs1. The van der Waals surface area contributed by atoms with E-state index >= 15 is 0 Å². The molecule has 2 rings (SSSR count). The second-order valence-electron chi connectivity index (χ2n) is 4.23. The maximum atomic E-state index is 12.7. The monoisotopic (exact) mass is 319 g/mol. The van der Waals surface area contributed by atoms with E-state index in [1.807, 2.05) is 0 Å². The fourth-order valence-electron chi connectivity index (χ4n) is 1.64. The average molecular weight is 320 g/mol. The number of Topliss-reactive ketones (excluding diaryl/α,β-unsaturated/α-hetero) is 1. The van der Waals surface area contributed by atoms with Crippen LogP contribution in [0.15, 0.2) is 23.6 Å². The zero-order chi connectivity index (χ0) is 14.9. The molecule has 0 aliphatic heterocycles. The van der Waals surface area contributed by atoms with Crippen molar-refractivity contribution in [2.24, 2.45) is 0 Å². The van der Waals surface area contributed by atoms with E-state index in [1.54, 1.807) is 5.38 Å². The van der Waals surface area contributed by atoms with Gasteiger partial charge in [0.2, 0.25) is 0 Å². The van der Waals surface area contributed by atoms with Crippen molar-refractivity contribution < 1.29 is 18.0 Å². The van der Waals surface area contributed by atoms with Gasteiger partial charge < -0.3 is 0 Å². The summed E-state index contributed by atoms with van der Waals surface area (Å²) in [5, 5.41) is 2.18. The Balaban J connectivity index is 2.40.